The van der Waals surface area contributed by atoms with Crippen LogP contribution in [0.25, 0.3) is 11.4 Å². The highest BCUT2D eigenvalue weighted by atomic mass is 16.6. The summed E-state index contributed by atoms with van der Waals surface area (Å²) in [6, 6.07) is 11.3. The van der Waals surface area contributed by atoms with Crippen LogP contribution in [0, 0.1) is 10.1 Å². The largest absolute Gasteiger partial charge is 0.496 e. The number of nitrogens with one attached hydrogen (secondary N) is 2. The zero-order chi connectivity index (χ0) is 20.8. The Morgan fingerprint density at radius 2 is 2.03 bits per heavy atom. The number of aliphatic hydroxyl groups excluding tert-OH is 1. The zero-order valence-electron chi connectivity index (χ0n) is 15.9. The smallest absolute Gasteiger partial charge is 0.296 e. The highest BCUT2D eigenvalue weighted by Gasteiger charge is 2.17. The highest BCUT2D eigenvalue weighted by molar-refractivity contribution is 5.72. The number of aliphatic hydroxyl groups is 1. The molecule has 0 spiro atoms. The first-order chi connectivity index (χ1) is 14.0. The quantitative estimate of drug-likeness (QED) is 0.388. The molecule has 0 bridgehead atoms. The van der Waals surface area contributed by atoms with E-state index in [1.807, 2.05) is 6.07 Å². The molecule has 0 radical (unpaired) electrons. The van der Waals surface area contributed by atoms with Gasteiger partial charge in [0.25, 0.3) is 5.69 Å². The van der Waals surface area contributed by atoms with E-state index >= 15 is 0 Å². The summed E-state index contributed by atoms with van der Waals surface area (Å²) in [5.41, 5.74) is 1.23. The topological polar surface area (TPSA) is 135 Å². The monoisotopic (exact) mass is 396 g/mol. The molecule has 0 aliphatic rings. The van der Waals surface area contributed by atoms with E-state index in [1.54, 1.807) is 43.5 Å². The fourth-order valence-electron chi connectivity index (χ4n) is 2.52. The van der Waals surface area contributed by atoms with Gasteiger partial charge in [-0.25, -0.2) is 4.98 Å². The van der Waals surface area contributed by atoms with Gasteiger partial charge in [0.1, 0.15) is 17.3 Å². The molecule has 0 aliphatic heterocycles. The minimum Gasteiger partial charge on any atom is -0.496 e. The normalized spacial score (nSPS) is 11.6. The van der Waals surface area contributed by atoms with E-state index in [1.165, 1.54) is 13.2 Å². The molecule has 0 aliphatic carbocycles. The Balaban J connectivity index is 2.02. The fraction of sp³-hybridized carbons (Fsp3) is 0.211. The lowest BCUT2D eigenvalue weighted by Gasteiger charge is -2.14. The van der Waals surface area contributed by atoms with Crippen molar-refractivity contribution in [3.63, 3.8) is 0 Å². The Bertz CT molecular complexity index is 999. The number of nitro groups is 1. The van der Waals surface area contributed by atoms with Crippen LogP contribution in [0.1, 0.15) is 6.92 Å². The van der Waals surface area contributed by atoms with Crippen molar-refractivity contribution in [2.75, 3.05) is 24.4 Å². The van der Waals surface area contributed by atoms with E-state index in [4.69, 9.17) is 4.74 Å². The van der Waals surface area contributed by atoms with Crippen molar-refractivity contribution in [2.45, 2.75) is 13.0 Å². The third-order valence-corrected chi connectivity index (χ3v) is 3.97. The molecule has 0 saturated heterocycles. The SMILES string of the molecule is COc1ccc(Nc2cc(-c3ccccn3)nc(N[C@@H](C)CO)n2)c([N+](=O)[O-])c1. The Kier molecular flexibility index (Phi) is 6.15. The lowest BCUT2D eigenvalue weighted by Crippen LogP contribution is -2.21. The summed E-state index contributed by atoms with van der Waals surface area (Å²) in [7, 11) is 1.44. The van der Waals surface area contributed by atoms with Crippen LogP contribution in [0.3, 0.4) is 0 Å². The van der Waals surface area contributed by atoms with Gasteiger partial charge in [-0.3, -0.25) is 15.1 Å². The molecule has 10 heteroatoms. The number of nitrogens with zero attached hydrogens (tertiary/aromatic N) is 4. The fourth-order valence-corrected chi connectivity index (χ4v) is 2.52. The Hall–Kier alpha value is -3.79. The van der Waals surface area contributed by atoms with Gasteiger partial charge < -0.3 is 20.5 Å². The Labute approximate surface area is 166 Å². The second kappa shape index (κ2) is 8.93. The van der Waals surface area contributed by atoms with Crippen LogP contribution >= 0.6 is 0 Å². The minimum atomic E-state index is -0.501. The van der Waals surface area contributed by atoms with Gasteiger partial charge in [0, 0.05) is 18.3 Å². The van der Waals surface area contributed by atoms with Crippen molar-refractivity contribution in [3.8, 4) is 17.1 Å². The van der Waals surface area contributed by atoms with Crippen LogP contribution in [0.15, 0.2) is 48.7 Å². The third kappa shape index (κ3) is 4.93. The summed E-state index contributed by atoms with van der Waals surface area (Å²) in [5.74, 6) is 0.966. The molecule has 2 heterocycles. The number of pyridine rings is 1. The number of methoxy groups -OCH3 is 1. The highest BCUT2D eigenvalue weighted by Crippen LogP contribution is 2.32. The number of anilines is 3. The molecule has 0 unspecified atom stereocenters. The minimum absolute atomic E-state index is 0.107. The standard InChI is InChI=1S/C19H20N6O4/c1-12(11-26)21-19-23-16(14-5-3-4-8-20-14)10-18(24-19)22-15-7-6-13(29-2)9-17(15)25(27)28/h3-10,12,26H,11H2,1-2H3,(H2,21,22,23,24)/t12-/m0/s1. The number of rotatable bonds is 8. The Morgan fingerprint density at radius 1 is 1.21 bits per heavy atom. The van der Waals surface area contributed by atoms with Crippen LogP contribution in [0.2, 0.25) is 0 Å². The molecule has 2 aromatic heterocycles. The predicted molar refractivity (Wildman–Crippen MR) is 108 cm³/mol. The molecule has 3 rings (SSSR count). The Morgan fingerprint density at radius 3 is 2.69 bits per heavy atom. The molecule has 0 saturated carbocycles. The molecule has 3 aromatic rings. The van der Waals surface area contributed by atoms with E-state index in [0.717, 1.165) is 0 Å². The first kappa shape index (κ1) is 20.0. The molecule has 10 nitrogen and oxygen atoms in total. The van der Waals surface area contributed by atoms with Gasteiger partial charge in [0.2, 0.25) is 5.95 Å². The predicted octanol–water partition coefficient (Wildman–Crippen LogP) is 2.99. The molecule has 0 amide bonds. The second-order valence-electron chi connectivity index (χ2n) is 6.17. The van der Waals surface area contributed by atoms with Crippen LogP contribution in [0.4, 0.5) is 23.1 Å². The summed E-state index contributed by atoms with van der Waals surface area (Å²) in [6.45, 7) is 1.67. The van der Waals surface area contributed by atoms with Crippen LogP contribution < -0.4 is 15.4 Å². The van der Waals surface area contributed by atoms with Crippen LogP contribution in [0.5, 0.6) is 5.75 Å². The molecule has 0 fully saturated rings. The van der Waals surface area contributed by atoms with E-state index in [-0.39, 0.29) is 30.0 Å². The summed E-state index contributed by atoms with van der Waals surface area (Å²) in [4.78, 5) is 24.0. The maximum absolute atomic E-state index is 11.4. The third-order valence-electron chi connectivity index (χ3n) is 3.97. The van der Waals surface area contributed by atoms with Crippen molar-refractivity contribution in [3.05, 3.63) is 58.8 Å². The van der Waals surface area contributed by atoms with Crippen molar-refractivity contribution < 1.29 is 14.8 Å². The molecule has 1 aromatic carbocycles. The molecular formula is C19H20N6O4. The lowest BCUT2D eigenvalue weighted by atomic mass is 10.2. The van der Waals surface area contributed by atoms with Crippen molar-refractivity contribution >= 4 is 23.1 Å². The molecule has 150 valence electrons. The van der Waals surface area contributed by atoms with Gasteiger partial charge in [0.15, 0.2) is 0 Å². The van der Waals surface area contributed by atoms with Gasteiger partial charge >= 0.3 is 0 Å². The van der Waals surface area contributed by atoms with E-state index in [9.17, 15) is 15.2 Å². The van der Waals surface area contributed by atoms with Gasteiger partial charge in [-0.1, -0.05) is 6.07 Å². The maximum Gasteiger partial charge on any atom is 0.296 e. The average Bonchev–Trinajstić information content (AvgIpc) is 2.74. The number of ether oxygens (including phenoxy) is 1. The second-order valence-corrected chi connectivity index (χ2v) is 6.17. The van der Waals surface area contributed by atoms with Gasteiger partial charge in [-0.2, -0.15) is 4.98 Å². The molecule has 1 atom stereocenters. The van der Waals surface area contributed by atoms with Gasteiger partial charge in [0.05, 0.1) is 36.1 Å². The summed E-state index contributed by atoms with van der Waals surface area (Å²) in [6.07, 6.45) is 1.64. The van der Waals surface area contributed by atoms with E-state index in [0.29, 0.717) is 23.0 Å². The van der Waals surface area contributed by atoms with E-state index in [2.05, 4.69) is 25.6 Å². The van der Waals surface area contributed by atoms with Crippen LogP contribution in [-0.2, 0) is 0 Å². The first-order valence-corrected chi connectivity index (χ1v) is 8.77. The number of nitro benzene ring substituents is 1. The average molecular weight is 396 g/mol. The maximum atomic E-state index is 11.4. The zero-order valence-corrected chi connectivity index (χ0v) is 15.9. The summed E-state index contributed by atoms with van der Waals surface area (Å²) in [5, 5.41) is 26.7. The van der Waals surface area contributed by atoms with Gasteiger partial charge in [-0.15, -0.1) is 0 Å². The number of benzene rings is 1. The van der Waals surface area contributed by atoms with Crippen molar-refractivity contribution in [1.29, 1.82) is 0 Å². The first-order valence-electron chi connectivity index (χ1n) is 8.77. The van der Waals surface area contributed by atoms with E-state index < -0.39 is 4.92 Å². The van der Waals surface area contributed by atoms with Crippen molar-refractivity contribution in [2.24, 2.45) is 0 Å². The lowest BCUT2D eigenvalue weighted by molar-refractivity contribution is -0.384. The van der Waals surface area contributed by atoms with Crippen molar-refractivity contribution in [1.82, 2.24) is 15.0 Å². The van der Waals surface area contributed by atoms with Crippen LogP contribution in [-0.4, -0.2) is 44.7 Å². The number of hydrogen-bond donors (Lipinski definition) is 3. The number of hydrogen-bond acceptors (Lipinski definition) is 9. The molecular weight excluding hydrogens is 376 g/mol. The molecule has 3 N–H and O–H groups in total. The summed E-state index contributed by atoms with van der Waals surface area (Å²) >= 11 is 0. The molecule has 29 heavy (non-hydrogen) atoms. The van der Waals surface area contributed by atoms with Gasteiger partial charge in [-0.05, 0) is 31.2 Å². The number of aromatic nitrogens is 3. The summed E-state index contributed by atoms with van der Waals surface area (Å²) < 4.78 is 5.06.